The van der Waals surface area contributed by atoms with Crippen molar-refractivity contribution in [3.05, 3.63) is 28.6 Å². The van der Waals surface area contributed by atoms with Crippen LogP contribution < -0.4 is 16.3 Å². The second kappa shape index (κ2) is 12.0. The molecule has 3 aliphatic rings. The molecular formula is C22H26FN9O9P2S3. The summed E-state index contributed by atoms with van der Waals surface area (Å²) < 4.78 is 81.3. The summed E-state index contributed by atoms with van der Waals surface area (Å²) in [6.07, 6.45) is -5.82. The summed E-state index contributed by atoms with van der Waals surface area (Å²) in [5, 5.41) is 0. The normalized spacial score (nSPS) is 37.1. The maximum Gasteiger partial charge on any atom is 0.386 e. The van der Waals surface area contributed by atoms with E-state index in [2.05, 4.69) is 49.4 Å². The van der Waals surface area contributed by atoms with Crippen LogP contribution in [0.5, 0.6) is 0 Å². The lowest BCUT2D eigenvalue weighted by molar-refractivity contribution is -0.0529. The number of rotatable bonds is 3. The van der Waals surface area contributed by atoms with Crippen LogP contribution in [0.25, 0.3) is 21.5 Å². The molecule has 24 heteroatoms. The number of thiol groups is 2. The van der Waals surface area contributed by atoms with Gasteiger partial charge in [0.1, 0.15) is 53.2 Å². The SMILES string of the molecule is COC1[C@H]2C[P@@](=O)(S)OC[C@H]3O[C@@H](n4cnc5c(N)ncnc54)[C@H](F)C3O[P@@](=O)(S)OC[C@H]1O[C@H]2n1c(=O)sc2c(N)ncnc21. The van der Waals surface area contributed by atoms with Crippen LogP contribution in [0.15, 0.2) is 23.8 Å². The molecule has 0 spiro atoms. The number of thiazole rings is 1. The highest BCUT2D eigenvalue weighted by molar-refractivity contribution is 8.46. The third-order valence-corrected chi connectivity index (χ3v) is 12.7. The second-order valence-corrected chi connectivity index (χ2v) is 18.2. The van der Waals surface area contributed by atoms with Crippen LogP contribution in [-0.4, -0.2) is 91.1 Å². The third kappa shape index (κ3) is 5.66. The Kier molecular flexibility index (Phi) is 8.45. The second-order valence-electron chi connectivity index (χ2n) is 10.6. The van der Waals surface area contributed by atoms with Gasteiger partial charge in [0.15, 0.2) is 29.5 Å². The molecule has 248 valence electrons. The molecule has 3 aliphatic heterocycles. The molecular weight excluding hydrogens is 711 g/mol. The quantitative estimate of drug-likeness (QED) is 0.174. The van der Waals surface area contributed by atoms with E-state index in [9.17, 15) is 13.9 Å². The molecule has 4 aromatic rings. The van der Waals surface area contributed by atoms with Gasteiger partial charge in [0.2, 0.25) is 0 Å². The molecule has 4 aromatic heterocycles. The van der Waals surface area contributed by atoms with E-state index < -0.39 is 80.4 Å². The fraction of sp³-hybridized carbons (Fsp3) is 0.545. The number of hydrogen-bond donors (Lipinski definition) is 4. The highest BCUT2D eigenvalue weighted by atomic mass is 32.7. The number of nitrogens with two attached hydrogens (primary N) is 2. The number of imidazole rings is 1. The van der Waals surface area contributed by atoms with Gasteiger partial charge < -0.3 is 30.2 Å². The van der Waals surface area contributed by atoms with E-state index in [0.717, 1.165) is 11.3 Å². The minimum absolute atomic E-state index is 0.0710. The Hall–Kier alpha value is -2.23. The predicted molar refractivity (Wildman–Crippen MR) is 168 cm³/mol. The number of aromatic nitrogens is 7. The number of hydrogen-bond acceptors (Lipinski definition) is 17. The molecule has 3 saturated heterocycles. The van der Waals surface area contributed by atoms with E-state index in [1.807, 2.05) is 0 Å². The van der Waals surface area contributed by atoms with Crippen LogP contribution in [0.2, 0.25) is 0 Å². The Morgan fingerprint density at radius 2 is 1.70 bits per heavy atom. The molecule has 7 heterocycles. The van der Waals surface area contributed by atoms with E-state index in [4.69, 9.17) is 39.2 Å². The van der Waals surface area contributed by atoms with Crippen molar-refractivity contribution in [1.82, 2.24) is 34.1 Å². The summed E-state index contributed by atoms with van der Waals surface area (Å²) in [5.41, 5.74) is 12.4. The zero-order valence-corrected chi connectivity index (χ0v) is 27.9. The van der Waals surface area contributed by atoms with Crippen molar-refractivity contribution in [2.45, 2.75) is 43.0 Å². The fourth-order valence-electron chi connectivity index (χ4n) is 5.89. The molecule has 2 unspecified atom stereocenters. The lowest BCUT2D eigenvalue weighted by atomic mass is 10.0. The van der Waals surface area contributed by atoms with E-state index in [1.54, 1.807) is 0 Å². The van der Waals surface area contributed by atoms with Gasteiger partial charge in [-0.3, -0.25) is 27.5 Å². The van der Waals surface area contributed by atoms with Crippen LogP contribution in [0.1, 0.15) is 12.5 Å². The van der Waals surface area contributed by atoms with Crippen molar-refractivity contribution in [2.75, 3.05) is 38.0 Å². The summed E-state index contributed by atoms with van der Waals surface area (Å²) >= 11 is 9.26. The van der Waals surface area contributed by atoms with Crippen LogP contribution in [-0.2, 0) is 36.9 Å². The van der Waals surface area contributed by atoms with Gasteiger partial charge in [-0.1, -0.05) is 35.8 Å². The molecule has 10 atom stereocenters. The fourth-order valence-corrected chi connectivity index (χ4v) is 10.4. The molecule has 18 nitrogen and oxygen atoms in total. The van der Waals surface area contributed by atoms with Crippen LogP contribution in [0, 0.1) is 5.92 Å². The average Bonchev–Trinajstić information content (AvgIpc) is 3.74. The highest BCUT2D eigenvalue weighted by Gasteiger charge is 2.54. The topological polar surface area (TPSA) is 233 Å². The van der Waals surface area contributed by atoms with Gasteiger partial charge in [0.25, 0.3) is 6.57 Å². The van der Waals surface area contributed by atoms with Crippen molar-refractivity contribution in [2.24, 2.45) is 5.92 Å². The van der Waals surface area contributed by atoms with Crippen molar-refractivity contribution in [3.8, 4) is 0 Å². The molecule has 0 amide bonds. The van der Waals surface area contributed by atoms with Gasteiger partial charge in [-0.25, -0.2) is 33.9 Å². The Bertz CT molecular complexity index is 1970. The van der Waals surface area contributed by atoms with Gasteiger partial charge in [0, 0.05) is 19.2 Å². The Labute approximate surface area is 272 Å². The Morgan fingerprint density at radius 1 is 1.00 bits per heavy atom. The molecule has 46 heavy (non-hydrogen) atoms. The molecule has 3 fully saturated rings. The number of alkyl halides is 1. The van der Waals surface area contributed by atoms with Gasteiger partial charge in [0.05, 0.1) is 25.6 Å². The minimum atomic E-state index is -4.33. The summed E-state index contributed by atoms with van der Waals surface area (Å²) in [4.78, 5) is 33.0. The van der Waals surface area contributed by atoms with E-state index in [-0.39, 0.29) is 34.6 Å². The summed E-state index contributed by atoms with van der Waals surface area (Å²) in [7, 11) is 1.38. The number of fused-ring (bicyclic) bond motifs is 5. The zero-order valence-electron chi connectivity index (χ0n) is 23.5. The van der Waals surface area contributed by atoms with E-state index in [0.29, 0.717) is 4.70 Å². The van der Waals surface area contributed by atoms with Crippen molar-refractivity contribution in [3.63, 3.8) is 0 Å². The van der Waals surface area contributed by atoms with Crippen LogP contribution >= 0.6 is 49.2 Å². The highest BCUT2D eigenvalue weighted by Crippen LogP contribution is 2.60. The van der Waals surface area contributed by atoms with Gasteiger partial charge in [-0.05, 0) is 0 Å². The minimum Gasteiger partial charge on any atom is -0.382 e. The number of ether oxygens (including phenoxy) is 3. The number of anilines is 2. The van der Waals surface area contributed by atoms with Gasteiger partial charge >= 0.3 is 11.7 Å². The summed E-state index contributed by atoms with van der Waals surface area (Å²) in [6, 6.07) is 0. The molecule has 7 rings (SSSR count). The summed E-state index contributed by atoms with van der Waals surface area (Å²) in [5.74, 6) is -0.669. The Morgan fingerprint density at radius 3 is 2.46 bits per heavy atom. The molecule has 4 N–H and O–H groups in total. The standard InChI is InChI=1S/C22H26FN9O9P2S3/c1-36-13-8-4-42(34,44)37-2-10-14(11(23)21(40-10)31-7-30-12-16(24)26-5-28-18(12)31)41-43(35,45)38-3-9(13)39-20(8)32-19-15(46-22(32)33)17(25)27-6-29-19/h5-11,13-14,20-21H,2-4H2,1H3,(H,34,44)(H,35,45)(H2,24,26,28)(H2,25,27,29)/t8-,9-,10-,11-,13?,14?,20-,21-,42+,43+/m1/s1. The van der Waals surface area contributed by atoms with Crippen LogP contribution in [0.3, 0.4) is 0 Å². The molecule has 0 aromatic carbocycles. The third-order valence-electron chi connectivity index (χ3n) is 7.89. The molecule has 0 aliphatic carbocycles. The average molecular weight is 738 g/mol. The van der Waals surface area contributed by atoms with Crippen molar-refractivity contribution >= 4 is 82.3 Å². The number of halogens is 1. The first-order valence-corrected chi connectivity index (χ1v) is 20.0. The molecule has 0 saturated carbocycles. The lowest BCUT2D eigenvalue weighted by Crippen LogP contribution is -2.34. The first-order chi connectivity index (χ1) is 21.9. The number of nitrogen functional groups attached to an aromatic ring is 2. The maximum absolute atomic E-state index is 16.1. The smallest absolute Gasteiger partial charge is 0.382 e. The van der Waals surface area contributed by atoms with E-state index >= 15 is 4.39 Å². The zero-order chi connectivity index (χ0) is 32.5. The summed E-state index contributed by atoms with van der Waals surface area (Å²) in [6.45, 7) is -9.15. The lowest BCUT2D eigenvalue weighted by Gasteiger charge is -2.26. The van der Waals surface area contributed by atoms with Gasteiger partial charge in [-0.15, -0.1) is 0 Å². The van der Waals surface area contributed by atoms with E-state index in [1.165, 1.54) is 35.2 Å². The number of methoxy groups -OCH3 is 1. The van der Waals surface area contributed by atoms with Crippen molar-refractivity contribution in [1.29, 1.82) is 0 Å². The molecule has 0 radical (unpaired) electrons. The molecule has 2 bridgehead atoms. The monoisotopic (exact) mass is 737 g/mol. The number of nitrogens with zero attached hydrogens (tertiary/aromatic N) is 7. The Balaban J connectivity index is 1.23. The first-order valence-electron chi connectivity index (χ1n) is 13.5. The maximum atomic E-state index is 16.1. The largest absolute Gasteiger partial charge is 0.386 e. The predicted octanol–water partition coefficient (Wildman–Crippen LogP) is 2.21. The van der Waals surface area contributed by atoms with Gasteiger partial charge in [-0.2, -0.15) is 0 Å². The first kappa shape index (κ1) is 32.3. The van der Waals surface area contributed by atoms with Crippen molar-refractivity contribution < 1.29 is 41.3 Å². The van der Waals surface area contributed by atoms with Crippen LogP contribution in [0.4, 0.5) is 16.0 Å².